The average Bonchev–Trinajstić information content (AvgIpc) is 3.22. The second kappa shape index (κ2) is 9.46. The molecule has 1 saturated heterocycles. The van der Waals surface area contributed by atoms with Crippen molar-refractivity contribution in [3.8, 4) is 11.6 Å². The minimum atomic E-state index is -4.43. The third kappa shape index (κ3) is 5.32. The van der Waals surface area contributed by atoms with Crippen LogP contribution in [-0.2, 0) is 10.9 Å². The maximum absolute atomic E-state index is 12.7. The largest absolute Gasteiger partial charge is 0.439 e. The lowest BCUT2D eigenvalue weighted by Crippen LogP contribution is -2.40. The van der Waals surface area contributed by atoms with Gasteiger partial charge >= 0.3 is 6.18 Å². The molecule has 0 saturated carbocycles. The highest BCUT2D eigenvalue weighted by Gasteiger charge is 2.30. The van der Waals surface area contributed by atoms with Crippen molar-refractivity contribution in [1.29, 1.82) is 0 Å². The minimum absolute atomic E-state index is 0.00136. The number of hydrogen-bond donors (Lipinski definition) is 3. The zero-order valence-electron chi connectivity index (χ0n) is 18.9. The van der Waals surface area contributed by atoms with Crippen molar-refractivity contribution in [3.63, 3.8) is 0 Å². The first-order valence-electron chi connectivity index (χ1n) is 11.3. The lowest BCUT2D eigenvalue weighted by atomic mass is 10.0. The van der Waals surface area contributed by atoms with Gasteiger partial charge < -0.3 is 25.1 Å². The Kier molecular flexibility index (Phi) is 6.21. The van der Waals surface area contributed by atoms with Crippen molar-refractivity contribution in [2.24, 2.45) is 0 Å². The van der Waals surface area contributed by atoms with Gasteiger partial charge in [-0.1, -0.05) is 19.1 Å². The molecule has 1 aliphatic heterocycles. The van der Waals surface area contributed by atoms with Crippen LogP contribution in [0.4, 0.5) is 24.8 Å². The number of alkyl halides is 3. The van der Waals surface area contributed by atoms with Crippen LogP contribution in [-0.4, -0.2) is 34.2 Å². The third-order valence-corrected chi connectivity index (χ3v) is 5.78. The average molecular weight is 483 g/mol. The van der Waals surface area contributed by atoms with Crippen LogP contribution in [0.1, 0.15) is 30.5 Å². The van der Waals surface area contributed by atoms with E-state index in [1.807, 2.05) is 30.3 Å². The van der Waals surface area contributed by atoms with E-state index >= 15 is 0 Å². The van der Waals surface area contributed by atoms with Crippen molar-refractivity contribution in [1.82, 2.24) is 15.0 Å². The Hall–Kier alpha value is -3.79. The SMILES string of the molecule is CCC(Nc1nc2ccc(NC3COC3)cc2[nH]1)c1ccc(Oc2ccc(C(F)(F)F)cn2)cc1. The molecular weight excluding hydrogens is 459 g/mol. The van der Waals surface area contributed by atoms with Gasteiger partial charge in [0.2, 0.25) is 11.8 Å². The normalized spacial score (nSPS) is 15.0. The molecule has 7 nitrogen and oxygen atoms in total. The second-order valence-corrected chi connectivity index (χ2v) is 8.36. The third-order valence-electron chi connectivity index (χ3n) is 5.78. The van der Waals surface area contributed by atoms with E-state index in [2.05, 4.69) is 32.5 Å². The first-order chi connectivity index (χ1) is 16.9. The maximum Gasteiger partial charge on any atom is 0.417 e. The summed E-state index contributed by atoms with van der Waals surface area (Å²) in [6.45, 7) is 3.51. The van der Waals surface area contributed by atoms with Gasteiger partial charge in [-0.2, -0.15) is 13.2 Å². The van der Waals surface area contributed by atoms with Crippen LogP contribution in [0, 0.1) is 0 Å². The van der Waals surface area contributed by atoms with Crippen molar-refractivity contribution >= 4 is 22.7 Å². The summed E-state index contributed by atoms with van der Waals surface area (Å²) in [4.78, 5) is 11.7. The number of nitrogens with one attached hydrogen (secondary N) is 3. The number of H-pyrrole nitrogens is 1. The number of hydrogen-bond acceptors (Lipinski definition) is 6. The predicted molar refractivity (Wildman–Crippen MR) is 127 cm³/mol. The number of ether oxygens (including phenoxy) is 2. The Morgan fingerprint density at radius 2 is 1.91 bits per heavy atom. The van der Waals surface area contributed by atoms with Gasteiger partial charge in [-0.15, -0.1) is 0 Å². The van der Waals surface area contributed by atoms with Crippen molar-refractivity contribution in [2.45, 2.75) is 31.6 Å². The van der Waals surface area contributed by atoms with E-state index in [1.54, 1.807) is 12.1 Å². The summed E-state index contributed by atoms with van der Waals surface area (Å²) in [5, 5.41) is 6.87. The molecule has 3 N–H and O–H groups in total. The van der Waals surface area contributed by atoms with Crippen LogP contribution in [0.3, 0.4) is 0 Å². The number of halogens is 3. The molecule has 1 unspecified atom stereocenters. The van der Waals surface area contributed by atoms with Crippen molar-refractivity contribution in [3.05, 3.63) is 71.9 Å². The van der Waals surface area contributed by atoms with Crippen molar-refractivity contribution < 1.29 is 22.6 Å². The molecule has 2 aromatic heterocycles. The fourth-order valence-corrected chi connectivity index (χ4v) is 3.81. The standard InChI is InChI=1S/C25H24F3N5O2/c1-2-20(31-24-32-21-9-6-17(11-22(21)33-24)30-18-13-34-14-18)15-3-7-19(8-4-15)35-23-10-5-16(12-29-23)25(26,27)28/h3-12,18,20,30H,2,13-14H2,1H3,(H2,31,32,33). The highest BCUT2D eigenvalue weighted by atomic mass is 19.4. The Morgan fingerprint density at radius 3 is 2.54 bits per heavy atom. The Bertz CT molecular complexity index is 1290. The van der Waals surface area contributed by atoms with Gasteiger partial charge in [-0.05, 0) is 48.4 Å². The van der Waals surface area contributed by atoms with Gasteiger partial charge in [0.25, 0.3) is 0 Å². The smallest absolute Gasteiger partial charge is 0.417 e. The first-order valence-corrected chi connectivity index (χ1v) is 11.3. The van der Waals surface area contributed by atoms with E-state index in [1.165, 1.54) is 6.07 Å². The van der Waals surface area contributed by atoms with Crippen molar-refractivity contribution in [2.75, 3.05) is 23.8 Å². The molecule has 1 fully saturated rings. The minimum Gasteiger partial charge on any atom is -0.439 e. The molecule has 0 aliphatic carbocycles. The molecule has 182 valence electrons. The van der Waals surface area contributed by atoms with Crippen LogP contribution in [0.15, 0.2) is 60.8 Å². The molecule has 0 amide bonds. The summed E-state index contributed by atoms with van der Waals surface area (Å²) in [6, 6.07) is 15.9. The molecule has 2 aromatic carbocycles. The molecule has 10 heteroatoms. The fraction of sp³-hybridized carbons (Fsp3) is 0.280. The van der Waals surface area contributed by atoms with Gasteiger partial charge in [-0.25, -0.2) is 9.97 Å². The molecule has 0 radical (unpaired) electrons. The number of fused-ring (bicyclic) bond motifs is 1. The zero-order valence-corrected chi connectivity index (χ0v) is 18.9. The highest BCUT2D eigenvalue weighted by molar-refractivity contribution is 5.81. The molecule has 1 atom stereocenters. The number of nitrogens with zero attached hydrogens (tertiary/aromatic N) is 2. The van der Waals surface area contributed by atoms with Crippen LogP contribution in [0.25, 0.3) is 11.0 Å². The summed E-state index contributed by atoms with van der Waals surface area (Å²) < 4.78 is 48.9. The van der Waals surface area contributed by atoms with Crippen LogP contribution >= 0.6 is 0 Å². The lowest BCUT2D eigenvalue weighted by Gasteiger charge is -2.27. The first kappa shape index (κ1) is 23.0. The molecule has 4 aromatic rings. The number of rotatable bonds is 8. The molecule has 3 heterocycles. The van der Waals surface area contributed by atoms with E-state index < -0.39 is 11.7 Å². The number of aromatic nitrogens is 3. The number of pyridine rings is 1. The zero-order chi connectivity index (χ0) is 24.4. The summed E-state index contributed by atoms with van der Waals surface area (Å²) in [5.41, 5.74) is 3.02. The molecule has 0 spiro atoms. The number of anilines is 2. The summed E-state index contributed by atoms with van der Waals surface area (Å²) in [6.07, 6.45) is -2.86. The van der Waals surface area contributed by atoms with Gasteiger partial charge in [0.05, 0.1) is 41.9 Å². The highest BCUT2D eigenvalue weighted by Crippen LogP contribution is 2.31. The Balaban J connectivity index is 1.24. The van der Waals surface area contributed by atoms with E-state index in [-0.39, 0.29) is 11.9 Å². The monoisotopic (exact) mass is 483 g/mol. The van der Waals surface area contributed by atoms with Crippen LogP contribution in [0.2, 0.25) is 0 Å². The van der Waals surface area contributed by atoms with Gasteiger partial charge in [0.1, 0.15) is 5.75 Å². The molecule has 0 bridgehead atoms. The van der Waals surface area contributed by atoms with Gasteiger partial charge in [0, 0.05) is 18.0 Å². The van der Waals surface area contributed by atoms with E-state index in [4.69, 9.17) is 9.47 Å². The quantitative estimate of drug-likeness (QED) is 0.279. The maximum atomic E-state index is 12.7. The van der Waals surface area contributed by atoms with Gasteiger partial charge in [0.15, 0.2) is 0 Å². The number of aromatic amines is 1. The van der Waals surface area contributed by atoms with E-state index in [9.17, 15) is 13.2 Å². The second-order valence-electron chi connectivity index (χ2n) is 8.36. The summed E-state index contributed by atoms with van der Waals surface area (Å²) >= 11 is 0. The molecular formula is C25H24F3N5O2. The topological polar surface area (TPSA) is 84.1 Å². The van der Waals surface area contributed by atoms with E-state index in [0.717, 1.165) is 54.2 Å². The number of imidazole rings is 1. The van der Waals surface area contributed by atoms with Gasteiger partial charge in [-0.3, -0.25) is 0 Å². The summed E-state index contributed by atoms with van der Waals surface area (Å²) in [7, 11) is 0. The molecule has 5 rings (SSSR count). The molecule has 35 heavy (non-hydrogen) atoms. The predicted octanol–water partition coefficient (Wildman–Crippen LogP) is 6.14. The lowest BCUT2D eigenvalue weighted by molar-refractivity contribution is -0.137. The van der Waals surface area contributed by atoms with Crippen LogP contribution < -0.4 is 15.4 Å². The Labute approximate surface area is 199 Å². The van der Waals surface area contributed by atoms with Crippen LogP contribution in [0.5, 0.6) is 11.6 Å². The van der Waals surface area contributed by atoms with E-state index in [0.29, 0.717) is 17.7 Å². The Morgan fingerprint density at radius 1 is 1.11 bits per heavy atom. The summed E-state index contributed by atoms with van der Waals surface area (Å²) in [5.74, 6) is 1.25. The fourth-order valence-electron chi connectivity index (χ4n) is 3.81. The molecule has 1 aliphatic rings. The number of benzene rings is 2.